The summed E-state index contributed by atoms with van der Waals surface area (Å²) in [6, 6.07) is 0.00646. The number of carbonyl (C=O) groups excluding carboxylic acids is 1. The van der Waals surface area contributed by atoms with Crippen LogP contribution in [0, 0.1) is 5.92 Å². The van der Waals surface area contributed by atoms with E-state index in [2.05, 4.69) is 9.88 Å². The normalized spacial score (nSPS) is 21.8. The number of carboxylic acids is 1. The van der Waals surface area contributed by atoms with Gasteiger partial charge in [-0.3, -0.25) is 19.4 Å². The van der Waals surface area contributed by atoms with Gasteiger partial charge >= 0.3 is 5.97 Å². The number of thiazole rings is 1. The first kappa shape index (κ1) is 18.3. The number of aromatic nitrogens is 1. The molecule has 1 saturated carbocycles. The third-order valence-corrected chi connectivity index (χ3v) is 6.36. The van der Waals surface area contributed by atoms with E-state index < -0.39 is 5.97 Å². The summed E-state index contributed by atoms with van der Waals surface area (Å²) in [5, 5.41) is 11.9. The molecule has 2 fully saturated rings. The van der Waals surface area contributed by atoms with Crippen LogP contribution in [0.3, 0.4) is 0 Å². The number of nitrogens with zero attached hydrogens (tertiary/aromatic N) is 3. The first-order valence-corrected chi connectivity index (χ1v) is 10.2. The first-order chi connectivity index (χ1) is 12.1. The lowest BCUT2D eigenvalue weighted by Crippen LogP contribution is -2.53. The van der Waals surface area contributed by atoms with E-state index in [1.165, 1.54) is 17.8 Å². The summed E-state index contributed by atoms with van der Waals surface area (Å²) in [6.45, 7) is 3.29. The van der Waals surface area contributed by atoms with E-state index in [1.807, 2.05) is 17.2 Å². The molecule has 1 atom stereocenters. The predicted molar refractivity (Wildman–Crippen MR) is 97.9 cm³/mol. The summed E-state index contributed by atoms with van der Waals surface area (Å²) in [6.07, 6.45) is 8.65. The van der Waals surface area contributed by atoms with Gasteiger partial charge in [0.25, 0.3) is 0 Å². The highest BCUT2D eigenvalue weighted by atomic mass is 32.1. The van der Waals surface area contributed by atoms with Crippen molar-refractivity contribution in [2.75, 3.05) is 18.0 Å². The van der Waals surface area contributed by atoms with Gasteiger partial charge in [0, 0.05) is 17.6 Å². The van der Waals surface area contributed by atoms with E-state index in [1.54, 1.807) is 6.20 Å². The number of hydrogen-bond donors (Lipinski definition) is 1. The van der Waals surface area contributed by atoms with Crippen LogP contribution in [0.25, 0.3) is 0 Å². The molecule has 1 aliphatic carbocycles. The predicted octanol–water partition coefficient (Wildman–Crippen LogP) is 2.99. The number of piperidine rings is 1. The minimum atomic E-state index is -0.717. The van der Waals surface area contributed by atoms with Gasteiger partial charge < -0.3 is 5.11 Å². The van der Waals surface area contributed by atoms with Crippen molar-refractivity contribution in [3.05, 3.63) is 11.6 Å². The lowest BCUT2D eigenvalue weighted by molar-refractivity contribution is -0.143. The largest absolute Gasteiger partial charge is 0.481 e. The summed E-state index contributed by atoms with van der Waals surface area (Å²) in [4.78, 5) is 32.9. The highest BCUT2D eigenvalue weighted by molar-refractivity contribution is 7.13. The van der Waals surface area contributed by atoms with E-state index in [4.69, 9.17) is 5.11 Å². The summed E-state index contributed by atoms with van der Waals surface area (Å²) in [7, 11) is 0. The summed E-state index contributed by atoms with van der Waals surface area (Å²) in [5.74, 6) is -0.882. The van der Waals surface area contributed by atoms with Gasteiger partial charge in [0.1, 0.15) is 0 Å². The van der Waals surface area contributed by atoms with Crippen molar-refractivity contribution in [1.82, 2.24) is 9.88 Å². The number of amides is 1. The maximum absolute atomic E-state index is 13.3. The van der Waals surface area contributed by atoms with Crippen LogP contribution in [0.4, 0.5) is 5.13 Å². The molecule has 2 heterocycles. The fourth-order valence-electron chi connectivity index (χ4n) is 4.00. The Balaban J connectivity index is 1.70. The van der Waals surface area contributed by atoms with Crippen LogP contribution >= 0.6 is 11.3 Å². The number of hydrogen-bond acceptors (Lipinski definition) is 5. The average Bonchev–Trinajstić information content (AvgIpc) is 3.16. The molecule has 0 radical (unpaired) electrons. The van der Waals surface area contributed by atoms with Crippen molar-refractivity contribution >= 4 is 28.3 Å². The molecule has 0 spiro atoms. The molecule has 1 saturated heterocycles. The number of rotatable bonds is 5. The number of aliphatic carboxylic acids is 1. The minimum Gasteiger partial charge on any atom is -0.481 e. The molecule has 1 unspecified atom stereocenters. The van der Waals surface area contributed by atoms with Gasteiger partial charge in [-0.05, 0) is 45.7 Å². The Morgan fingerprint density at radius 2 is 1.92 bits per heavy atom. The molecule has 6 nitrogen and oxygen atoms in total. The Morgan fingerprint density at radius 1 is 1.24 bits per heavy atom. The Bertz CT molecular complexity index is 578. The zero-order valence-corrected chi connectivity index (χ0v) is 15.6. The highest BCUT2D eigenvalue weighted by Crippen LogP contribution is 2.30. The van der Waals surface area contributed by atoms with Gasteiger partial charge in [0.2, 0.25) is 5.91 Å². The quantitative estimate of drug-likeness (QED) is 0.868. The molecule has 1 aromatic rings. The second kappa shape index (κ2) is 8.27. The SMILES string of the molecule is CC(C(=O)N(c1nccs1)C1CCCCC1)N1CCC(C(=O)O)CC1. The van der Waals surface area contributed by atoms with E-state index in [9.17, 15) is 9.59 Å². The van der Waals surface area contributed by atoms with Crippen LogP contribution in [-0.2, 0) is 9.59 Å². The van der Waals surface area contributed by atoms with Gasteiger partial charge in [0.05, 0.1) is 12.0 Å². The molecule has 25 heavy (non-hydrogen) atoms. The van der Waals surface area contributed by atoms with Crippen LogP contribution in [0.2, 0.25) is 0 Å². The summed E-state index contributed by atoms with van der Waals surface area (Å²) in [5.41, 5.74) is 0. The molecule has 0 aromatic carbocycles. The molecule has 2 aliphatic rings. The van der Waals surface area contributed by atoms with Gasteiger partial charge in [0.15, 0.2) is 5.13 Å². The zero-order valence-electron chi connectivity index (χ0n) is 14.8. The van der Waals surface area contributed by atoms with Gasteiger partial charge in [-0.25, -0.2) is 4.98 Å². The Morgan fingerprint density at radius 3 is 2.48 bits per heavy atom. The lowest BCUT2D eigenvalue weighted by Gasteiger charge is -2.39. The monoisotopic (exact) mass is 365 g/mol. The van der Waals surface area contributed by atoms with Crippen molar-refractivity contribution in [3.8, 4) is 0 Å². The minimum absolute atomic E-state index is 0.107. The number of carboxylic acid groups (broad SMARTS) is 1. The maximum atomic E-state index is 13.3. The van der Waals surface area contributed by atoms with Crippen molar-refractivity contribution < 1.29 is 14.7 Å². The second-order valence-corrected chi connectivity index (χ2v) is 8.01. The number of anilines is 1. The van der Waals surface area contributed by atoms with Gasteiger partial charge in [-0.15, -0.1) is 11.3 Å². The topological polar surface area (TPSA) is 73.7 Å². The van der Waals surface area contributed by atoms with Crippen molar-refractivity contribution in [2.45, 2.75) is 64.0 Å². The van der Waals surface area contributed by atoms with Crippen molar-refractivity contribution in [1.29, 1.82) is 0 Å². The molecule has 1 aliphatic heterocycles. The van der Waals surface area contributed by atoms with Crippen LogP contribution in [0.15, 0.2) is 11.6 Å². The first-order valence-electron chi connectivity index (χ1n) is 9.27. The lowest BCUT2D eigenvalue weighted by atomic mass is 9.93. The highest BCUT2D eigenvalue weighted by Gasteiger charge is 2.35. The maximum Gasteiger partial charge on any atom is 0.306 e. The van der Waals surface area contributed by atoms with Crippen LogP contribution in [0.5, 0.6) is 0 Å². The molecular weight excluding hydrogens is 338 g/mol. The smallest absolute Gasteiger partial charge is 0.306 e. The van der Waals surface area contributed by atoms with Gasteiger partial charge in [-0.2, -0.15) is 0 Å². The summed E-state index contributed by atoms with van der Waals surface area (Å²) >= 11 is 1.52. The standard InChI is InChI=1S/C18H27N3O3S/c1-13(20-10-7-14(8-11-20)17(23)24)16(22)21(18-19-9-12-25-18)15-5-3-2-4-6-15/h9,12-15H,2-8,10-11H2,1H3,(H,23,24). The Labute approximate surface area is 152 Å². The molecule has 138 valence electrons. The molecule has 1 aromatic heterocycles. The fraction of sp³-hybridized carbons (Fsp3) is 0.722. The third kappa shape index (κ3) is 4.20. The molecule has 3 rings (SSSR count). The molecule has 0 bridgehead atoms. The Kier molecular flexibility index (Phi) is 6.06. The Hall–Kier alpha value is -1.47. The van der Waals surface area contributed by atoms with Crippen molar-refractivity contribution in [2.24, 2.45) is 5.92 Å². The van der Waals surface area contributed by atoms with E-state index >= 15 is 0 Å². The van der Waals surface area contributed by atoms with E-state index in [0.29, 0.717) is 25.9 Å². The van der Waals surface area contributed by atoms with Crippen LogP contribution in [-0.4, -0.2) is 52.0 Å². The number of carbonyl (C=O) groups is 2. The molecular formula is C18H27N3O3S. The van der Waals surface area contributed by atoms with E-state index in [0.717, 1.165) is 30.8 Å². The summed E-state index contributed by atoms with van der Waals surface area (Å²) < 4.78 is 0. The van der Waals surface area contributed by atoms with E-state index in [-0.39, 0.29) is 23.9 Å². The number of likely N-dealkylation sites (tertiary alicyclic amines) is 1. The fourth-order valence-corrected chi connectivity index (χ4v) is 4.71. The van der Waals surface area contributed by atoms with Crippen LogP contribution in [0.1, 0.15) is 51.9 Å². The van der Waals surface area contributed by atoms with Gasteiger partial charge in [-0.1, -0.05) is 19.3 Å². The van der Waals surface area contributed by atoms with Crippen molar-refractivity contribution in [3.63, 3.8) is 0 Å². The molecule has 1 amide bonds. The van der Waals surface area contributed by atoms with Crippen LogP contribution < -0.4 is 4.90 Å². The second-order valence-electron chi connectivity index (χ2n) is 7.14. The third-order valence-electron chi connectivity index (χ3n) is 5.59. The molecule has 1 N–H and O–H groups in total. The molecule has 7 heteroatoms. The zero-order chi connectivity index (χ0) is 17.8. The average molecular weight is 365 g/mol.